The smallest absolute Gasteiger partial charge is 0.371 e. The van der Waals surface area contributed by atoms with Crippen LogP contribution in [0.15, 0.2) is 29.2 Å². The Hall–Kier alpha value is -1.16. The van der Waals surface area contributed by atoms with Gasteiger partial charge in [0.15, 0.2) is 0 Å². The van der Waals surface area contributed by atoms with Gasteiger partial charge in [0.25, 0.3) is 0 Å². The second-order valence-electron chi connectivity index (χ2n) is 2.37. The fourth-order valence-corrected chi connectivity index (χ4v) is 1.45. The minimum atomic E-state index is -1.03. The number of furan rings is 1. The molecule has 1 rings (SSSR count). The maximum absolute atomic E-state index is 10.4. The minimum Gasteiger partial charge on any atom is -0.475 e. The van der Waals surface area contributed by atoms with Crippen molar-refractivity contribution in [2.45, 2.75) is 5.75 Å². The number of carbonyl (C=O) groups is 1. The molecule has 0 aliphatic heterocycles. The lowest BCUT2D eigenvalue weighted by molar-refractivity contribution is 0.0661. The van der Waals surface area contributed by atoms with Crippen LogP contribution >= 0.6 is 11.8 Å². The number of carboxylic acids is 1. The molecule has 0 aliphatic carbocycles. The van der Waals surface area contributed by atoms with Gasteiger partial charge in [-0.1, -0.05) is 6.08 Å². The van der Waals surface area contributed by atoms with E-state index in [-0.39, 0.29) is 5.76 Å². The van der Waals surface area contributed by atoms with Gasteiger partial charge in [-0.25, -0.2) is 4.79 Å². The third kappa shape index (κ3) is 2.99. The van der Waals surface area contributed by atoms with Crippen molar-refractivity contribution in [1.29, 1.82) is 0 Å². The maximum atomic E-state index is 10.4. The molecule has 1 N–H and O–H groups in total. The molecule has 0 unspecified atom stereocenters. The van der Waals surface area contributed by atoms with Crippen molar-refractivity contribution in [3.63, 3.8) is 0 Å². The molecular weight excluding hydrogens is 188 g/mol. The largest absolute Gasteiger partial charge is 0.475 e. The third-order valence-electron chi connectivity index (χ3n) is 1.35. The molecule has 0 saturated heterocycles. The summed E-state index contributed by atoms with van der Waals surface area (Å²) in [5.41, 5.74) is 0. The van der Waals surface area contributed by atoms with Crippen LogP contribution in [0.25, 0.3) is 0 Å². The molecule has 3 nitrogen and oxygen atoms in total. The normalized spacial score (nSPS) is 9.85. The summed E-state index contributed by atoms with van der Waals surface area (Å²) in [4.78, 5) is 10.4. The van der Waals surface area contributed by atoms with Gasteiger partial charge in [-0.2, -0.15) is 0 Å². The highest BCUT2D eigenvalue weighted by Crippen LogP contribution is 2.15. The van der Waals surface area contributed by atoms with E-state index >= 15 is 0 Å². The molecule has 0 atom stereocenters. The lowest BCUT2D eigenvalue weighted by Gasteiger charge is -1.93. The monoisotopic (exact) mass is 198 g/mol. The highest BCUT2D eigenvalue weighted by molar-refractivity contribution is 7.98. The second kappa shape index (κ2) is 4.77. The molecule has 1 aromatic rings. The second-order valence-corrected chi connectivity index (χ2v) is 3.41. The molecule has 0 aliphatic rings. The lowest BCUT2D eigenvalue weighted by atomic mass is 10.4. The van der Waals surface area contributed by atoms with Gasteiger partial charge < -0.3 is 9.52 Å². The van der Waals surface area contributed by atoms with E-state index in [1.54, 1.807) is 23.9 Å². The minimum absolute atomic E-state index is 0.00537. The average Bonchev–Trinajstić information content (AvgIpc) is 2.53. The maximum Gasteiger partial charge on any atom is 0.371 e. The number of thioether (sulfide) groups is 1. The summed E-state index contributed by atoms with van der Waals surface area (Å²) in [7, 11) is 0. The summed E-state index contributed by atoms with van der Waals surface area (Å²) >= 11 is 1.63. The molecular formula is C9H10O3S. The highest BCUT2D eigenvalue weighted by Gasteiger charge is 2.07. The zero-order chi connectivity index (χ0) is 9.68. The Morgan fingerprint density at radius 3 is 3.00 bits per heavy atom. The zero-order valence-corrected chi connectivity index (χ0v) is 7.84. The van der Waals surface area contributed by atoms with Gasteiger partial charge in [-0.15, -0.1) is 18.3 Å². The van der Waals surface area contributed by atoms with Crippen molar-refractivity contribution in [3.05, 3.63) is 36.3 Å². The van der Waals surface area contributed by atoms with Crippen LogP contribution in [0.5, 0.6) is 0 Å². The average molecular weight is 198 g/mol. The van der Waals surface area contributed by atoms with Crippen LogP contribution in [0.4, 0.5) is 0 Å². The van der Waals surface area contributed by atoms with Gasteiger partial charge in [0.2, 0.25) is 5.76 Å². The summed E-state index contributed by atoms with van der Waals surface area (Å²) < 4.78 is 5.04. The summed E-state index contributed by atoms with van der Waals surface area (Å²) in [6.45, 7) is 3.58. The molecule has 0 fully saturated rings. The van der Waals surface area contributed by atoms with E-state index in [0.29, 0.717) is 11.5 Å². The Kier molecular flexibility index (Phi) is 3.64. The van der Waals surface area contributed by atoms with E-state index in [0.717, 1.165) is 5.75 Å². The Morgan fingerprint density at radius 1 is 1.69 bits per heavy atom. The molecule has 0 amide bonds. The van der Waals surface area contributed by atoms with Gasteiger partial charge in [-0.05, 0) is 12.1 Å². The molecule has 0 spiro atoms. The van der Waals surface area contributed by atoms with Crippen LogP contribution in [0.2, 0.25) is 0 Å². The van der Waals surface area contributed by atoms with Crippen molar-refractivity contribution in [2.75, 3.05) is 5.75 Å². The van der Waals surface area contributed by atoms with Crippen molar-refractivity contribution in [2.24, 2.45) is 0 Å². The highest BCUT2D eigenvalue weighted by atomic mass is 32.2. The Morgan fingerprint density at radius 2 is 2.46 bits per heavy atom. The number of rotatable bonds is 5. The van der Waals surface area contributed by atoms with Crippen molar-refractivity contribution in [3.8, 4) is 0 Å². The molecule has 13 heavy (non-hydrogen) atoms. The number of hydrogen-bond acceptors (Lipinski definition) is 3. The lowest BCUT2D eigenvalue weighted by Crippen LogP contribution is -1.91. The van der Waals surface area contributed by atoms with Gasteiger partial charge in [-0.3, -0.25) is 0 Å². The predicted molar refractivity (Wildman–Crippen MR) is 52.0 cm³/mol. The quantitative estimate of drug-likeness (QED) is 0.583. The summed E-state index contributed by atoms with van der Waals surface area (Å²) in [6.07, 6.45) is 1.80. The van der Waals surface area contributed by atoms with E-state index in [9.17, 15) is 4.79 Å². The predicted octanol–water partition coefficient (Wildman–Crippen LogP) is 2.40. The summed E-state index contributed by atoms with van der Waals surface area (Å²) in [5.74, 6) is 1.17. The first-order valence-corrected chi connectivity index (χ1v) is 4.90. The molecule has 1 aromatic heterocycles. The molecule has 0 saturated carbocycles. The SMILES string of the molecule is C=CCSCc1ccc(C(=O)O)o1. The Balaban J connectivity index is 2.49. The summed E-state index contributed by atoms with van der Waals surface area (Å²) in [6, 6.07) is 3.14. The summed E-state index contributed by atoms with van der Waals surface area (Å²) in [5, 5.41) is 8.55. The first kappa shape index (κ1) is 9.92. The first-order chi connectivity index (χ1) is 6.24. The van der Waals surface area contributed by atoms with Crippen molar-refractivity contribution >= 4 is 17.7 Å². The van der Waals surface area contributed by atoms with E-state index in [1.165, 1.54) is 6.07 Å². The molecule has 0 bridgehead atoms. The fourth-order valence-electron chi connectivity index (χ4n) is 0.813. The number of hydrogen-bond donors (Lipinski definition) is 1. The van der Waals surface area contributed by atoms with Crippen LogP contribution in [-0.2, 0) is 5.75 Å². The van der Waals surface area contributed by atoms with Gasteiger partial charge in [0, 0.05) is 5.75 Å². The van der Waals surface area contributed by atoms with E-state index in [1.807, 2.05) is 0 Å². The first-order valence-electron chi connectivity index (χ1n) is 3.74. The van der Waals surface area contributed by atoms with Crippen LogP contribution < -0.4 is 0 Å². The van der Waals surface area contributed by atoms with E-state index < -0.39 is 5.97 Å². The fraction of sp³-hybridized carbons (Fsp3) is 0.222. The standard InChI is InChI=1S/C9H10O3S/c1-2-5-13-6-7-3-4-8(12-7)9(10)11/h2-4H,1,5-6H2,(H,10,11). The number of aromatic carboxylic acids is 1. The molecule has 1 heterocycles. The zero-order valence-electron chi connectivity index (χ0n) is 7.03. The van der Waals surface area contributed by atoms with Crippen molar-refractivity contribution < 1.29 is 14.3 Å². The number of carboxylic acid groups (broad SMARTS) is 1. The van der Waals surface area contributed by atoms with Crippen LogP contribution in [0.1, 0.15) is 16.3 Å². The molecule has 70 valence electrons. The topological polar surface area (TPSA) is 50.4 Å². The Labute approximate surface area is 80.4 Å². The van der Waals surface area contributed by atoms with E-state index in [2.05, 4.69) is 6.58 Å². The van der Waals surface area contributed by atoms with Gasteiger partial charge in [0.1, 0.15) is 5.76 Å². The van der Waals surface area contributed by atoms with Gasteiger partial charge in [0.05, 0.1) is 5.75 Å². The third-order valence-corrected chi connectivity index (χ3v) is 2.31. The van der Waals surface area contributed by atoms with Crippen LogP contribution in [0.3, 0.4) is 0 Å². The molecule has 0 aromatic carbocycles. The van der Waals surface area contributed by atoms with Crippen LogP contribution in [0, 0.1) is 0 Å². The molecule has 0 radical (unpaired) electrons. The van der Waals surface area contributed by atoms with Crippen LogP contribution in [-0.4, -0.2) is 16.8 Å². The van der Waals surface area contributed by atoms with Crippen molar-refractivity contribution in [1.82, 2.24) is 0 Å². The van der Waals surface area contributed by atoms with E-state index in [4.69, 9.17) is 9.52 Å². The van der Waals surface area contributed by atoms with Gasteiger partial charge >= 0.3 is 5.97 Å². The Bertz CT molecular complexity index is 304. The molecule has 4 heteroatoms.